The monoisotopic (exact) mass is 558 g/mol. The van der Waals surface area contributed by atoms with Crippen LogP contribution in [-0.4, -0.2) is 4.92 Å². The van der Waals surface area contributed by atoms with E-state index in [0.717, 1.165) is 16.8 Å². The molecule has 4 aromatic carbocycles. The zero-order valence-corrected chi connectivity index (χ0v) is 27.8. The molecule has 0 spiro atoms. The van der Waals surface area contributed by atoms with Crippen LogP contribution in [0, 0.1) is 72.4 Å². The number of anilines is 1. The maximum absolute atomic E-state index is 10.4. The lowest BCUT2D eigenvalue weighted by molar-refractivity contribution is -0.385. The normalized spacial score (nSPS) is 8.90. The minimum absolute atomic E-state index is 0.199. The number of hydrogen-bond donors (Lipinski definition) is 1. The van der Waals surface area contributed by atoms with Crippen LogP contribution in [0.5, 0.6) is 0 Å². The standard InChI is InChI=1S/C9H12.C8H9NO2.C8H11N.C8H10.2C2H6/c1-7-4-5-8(2)9(3)6-7;1-6-3-4-7(2)8(5-6)9(10)11;1-6-3-4-7(2)8(9)5-6;1-7-3-5-8(2)6-4-7;2*1-2/h4-6H,1-3H3;3-5H,1-2H3;3-5H,9H2,1-2H3;3-6H,1-2H3;2*1-2H3. The maximum atomic E-state index is 10.4. The first-order valence-corrected chi connectivity index (χ1v) is 14.4. The minimum Gasteiger partial charge on any atom is -0.399 e. The van der Waals surface area contributed by atoms with E-state index in [4.69, 9.17) is 5.73 Å². The fourth-order valence-electron chi connectivity index (χ4n) is 3.20. The second-order valence-electron chi connectivity index (χ2n) is 9.65. The summed E-state index contributed by atoms with van der Waals surface area (Å²) in [6.07, 6.45) is 0. The summed E-state index contributed by atoms with van der Waals surface area (Å²) >= 11 is 0. The van der Waals surface area contributed by atoms with Gasteiger partial charge in [0.2, 0.25) is 0 Å². The number of nitrogens with zero attached hydrogens (tertiary/aromatic N) is 1. The van der Waals surface area contributed by atoms with Crippen molar-refractivity contribution in [3.8, 4) is 0 Å². The molecule has 4 rings (SSSR count). The van der Waals surface area contributed by atoms with Crippen molar-refractivity contribution in [2.75, 3.05) is 5.73 Å². The number of nitrogen functional groups attached to an aromatic ring is 1. The summed E-state index contributed by atoms with van der Waals surface area (Å²) in [5.74, 6) is 0. The van der Waals surface area contributed by atoms with Crippen molar-refractivity contribution >= 4 is 11.4 Å². The summed E-state index contributed by atoms with van der Waals surface area (Å²) < 4.78 is 0. The van der Waals surface area contributed by atoms with Gasteiger partial charge in [0.1, 0.15) is 0 Å². The molecule has 4 aromatic rings. The van der Waals surface area contributed by atoms with Gasteiger partial charge in [0.05, 0.1) is 4.92 Å². The van der Waals surface area contributed by atoms with Gasteiger partial charge in [-0.15, -0.1) is 0 Å². The number of nitro benzene ring substituents is 1. The zero-order valence-electron chi connectivity index (χ0n) is 27.8. The van der Waals surface area contributed by atoms with Gasteiger partial charge in [-0.1, -0.05) is 111 Å². The number of nitrogens with two attached hydrogens (primary N) is 1. The predicted octanol–water partition coefficient (Wildman–Crippen LogP) is 11.1. The highest BCUT2D eigenvalue weighted by Gasteiger charge is 2.08. The molecule has 0 unspecified atom stereocenters. The summed E-state index contributed by atoms with van der Waals surface area (Å²) in [6.45, 7) is 26.2. The molecule has 0 heterocycles. The summed E-state index contributed by atoms with van der Waals surface area (Å²) in [7, 11) is 0. The molecule has 4 nitrogen and oxygen atoms in total. The van der Waals surface area contributed by atoms with Crippen LogP contribution in [0.15, 0.2) is 78.9 Å². The lowest BCUT2D eigenvalue weighted by Gasteiger charge is -1.98. The molecule has 0 saturated carbocycles. The first-order valence-electron chi connectivity index (χ1n) is 14.4. The van der Waals surface area contributed by atoms with Gasteiger partial charge in [-0.25, -0.2) is 0 Å². The third kappa shape index (κ3) is 17.4. The molecule has 0 aliphatic rings. The van der Waals surface area contributed by atoms with E-state index in [1.807, 2.05) is 66.7 Å². The van der Waals surface area contributed by atoms with Crippen molar-refractivity contribution in [3.05, 3.63) is 139 Å². The molecule has 4 heteroatoms. The van der Waals surface area contributed by atoms with Crippen molar-refractivity contribution in [2.45, 2.75) is 90.0 Å². The largest absolute Gasteiger partial charge is 0.399 e. The topological polar surface area (TPSA) is 69.2 Å². The van der Waals surface area contributed by atoms with Gasteiger partial charge in [0, 0.05) is 17.3 Å². The molecule has 2 N–H and O–H groups in total. The van der Waals surface area contributed by atoms with Gasteiger partial charge in [0.15, 0.2) is 0 Å². The van der Waals surface area contributed by atoms with E-state index in [2.05, 4.69) is 83.1 Å². The van der Waals surface area contributed by atoms with Gasteiger partial charge in [-0.3, -0.25) is 10.1 Å². The van der Waals surface area contributed by atoms with Crippen LogP contribution in [0.2, 0.25) is 0 Å². The molecule has 0 bridgehead atoms. The highest BCUT2D eigenvalue weighted by atomic mass is 16.6. The molecular weight excluding hydrogens is 504 g/mol. The predicted molar refractivity (Wildman–Crippen MR) is 182 cm³/mol. The van der Waals surface area contributed by atoms with Crippen LogP contribution in [0.25, 0.3) is 0 Å². The molecule has 41 heavy (non-hydrogen) atoms. The van der Waals surface area contributed by atoms with Crippen molar-refractivity contribution in [2.24, 2.45) is 0 Å². The Morgan fingerprint density at radius 1 is 0.463 bits per heavy atom. The average molecular weight is 559 g/mol. The second-order valence-corrected chi connectivity index (χ2v) is 9.65. The second kappa shape index (κ2) is 21.8. The Hall–Kier alpha value is -3.92. The molecule has 0 saturated heterocycles. The number of hydrogen-bond acceptors (Lipinski definition) is 3. The van der Waals surface area contributed by atoms with E-state index in [9.17, 15) is 10.1 Å². The summed E-state index contributed by atoms with van der Waals surface area (Å²) in [5, 5.41) is 10.4. The molecule has 0 aromatic heterocycles. The van der Waals surface area contributed by atoms with Gasteiger partial charge < -0.3 is 5.73 Å². The maximum Gasteiger partial charge on any atom is 0.272 e. The van der Waals surface area contributed by atoms with Crippen LogP contribution in [-0.2, 0) is 0 Å². The number of benzene rings is 4. The summed E-state index contributed by atoms with van der Waals surface area (Å²) in [5.41, 5.74) is 17.5. The third-order valence-corrected chi connectivity index (χ3v) is 5.88. The Bertz CT molecular complexity index is 1220. The van der Waals surface area contributed by atoms with Gasteiger partial charge in [-0.05, 0) is 96.2 Å². The summed E-state index contributed by atoms with van der Waals surface area (Å²) in [4.78, 5) is 10.0. The van der Waals surface area contributed by atoms with E-state index < -0.39 is 0 Å². The van der Waals surface area contributed by atoms with E-state index in [0.29, 0.717) is 5.56 Å². The molecule has 0 radical (unpaired) electrons. The van der Waals surface area contributed by atoms with Crippen molar-refractivity contribution in [1.29, 1.82) is 0 Å². The number of rotatable bonds is 1. The number of nitro groups is 1. The van der Waals surface area contributed by atoms with E-state index >= 15 is 0 Å². The molecule has 0 aliphatic carbocycles. The van der Waals surface area contributed by atoms with Crippen molar-refractivity contribution in [3.63, 3.8) is 0 Å². The van der Waals surface area contributed by atoms with E-state index in [-0.39, 0.29) is 10.6 Å². The first kappa shape index (κ1) is 39.2. The fourth-order valence-corrected chi connectivity index (χ4v) is 3.20. The highest BCUT2D eigenvalue weighted by Crippen LogP contribution is 2.18. The van der Waals surface area contributed by atoms with Crippen LogP contribution in [0.1, 0.15) is 77.8 Å². The van der Waals surface area contributed by atoms with Gasteiger partial charge in [-0.2, -0.15) is 0 Å². The first-order chi connectivity index (χ1) is 19.3. The summed E-state index contributed by atoms with van der Waals surface area (Å²) in [6, 6.07) is 26.3. The van der Waals surface area contributed by atoms with Crippen LogP contribution in [0.4, 0.5) is 11.4 Å². The molecule has 0 aliphatic heterocycles. The van der Waals surface area contributed by atoms with Gasteiger partial charge in [0.25, 0.3) is 5.69 Å². The quantitative estimate of drug-likeness (QED) is 0.143. The van der Waals surface area contributed by atoms with Gasteiger partial charge >= 0.3 is 0 Å². The minimum atomic E-state index is -0.359. The van der Waals surface area contributed by atoms with Crippen LogP contribution < -0.4 is 5.73 Å². The smallest absolute Gasteiger partial charge is 0.272 e. The molecule has 0 fully saturated rings. The number of aryl methyl sites for hydroxylation is 9. The Kier molecular flexibility index (Phi) is 20.9. The van der Waals surface area contributed by atoms with Crippen molar-refractivity contribution in [1.82, 2.24) is 0 Å². The highest BCUT2D eigenvalue weighted by molar-refractivity contribution is 5.47. The third-order valence-electron chi connectivity index (χ3n) is 5.88. The SMILES string of the molecule is CC.CC.Cc1ccc(C)c(C)c1.Cc1ccc(C)c(N)c1.Cc1ccc(C)c([N+](=O)[O-])c1.Cc1ccc(C)cc1. The van der Waals surface area contributed by atoms with E-state index in [1.165, 1.54) is 33.4 Å². The fraction of sp³-hybridized carbons (Fsp3) is 0.351. The Labute approximate surface area is 250 Å². The Balaban J connectivity index is 0. The molecule has 0 atom stereocenters. The lowest BCUT2D eigenvalue weighted by atomic mass is 10.1. The van der Waals surface area contributed by atoms with Crippen LogP contribution in [0.3, 0.4) is 0 Å². The Morgan fingerprint density at radius 3 is 1.12 bits per heavy atom. The van der Waals surface area contributed by atoms with Crippen molar-refractivity contribution < 1.29 is 4.92 Å². The molecule has 224 valence electrons. The molecule has 0 amide bonds. The van der Waals surface area contributed by atoms with E-state index in [1.54, 1.807) is 19.1 Å². The zero-order chi connectivity index (χ0) is 32.1. The average Bonchev–Trinajstić information content (AvgIpc) is 2.95. The van der Waals surface area contributed by atoms with Crippen LogP contribution >= 0.6 is 0 Å². The Morgan fingerprint density at radius 2 is 0.805 bits per heavy atom. The molecular formula is C37H54N2O2. The lowest BCUT2D eigenvalue weighted by Crippen LogP contribution is -1.91.